The summed E-state index contributed by atoms with van der Waals surface area (Å²) in [5, 5.41) is 1.33. The molecule has 0 radical (unpaired) electrons. The number of nitrogens with two attached hydrogens (primary N) is 1. The predicted octanol–water partition coefficient (Wildman–Crippen LogP) is 4.12. The highest BCUT2D eigenvalue weighted by Gasteiger charge is 2.25. The third-order valence-electron chi connectivity index (χ3n) is 4.10. The zero-order valence-corrected chi connectivity index (χ0v) is 12.9. The Morgan fingerprint density at radius 1 is 1.42 bits per heavy atom. The average molecular weight is 301 g/mol. The number of piperidine rings is 1. The van der Waals surface area contributed by atoms with Gasteiger partial charge in [0.2, 0.25) is 0 Å². The first-order chi connectivity index (χ1) is 9.13. The van der Waals surface area contributed by atoms with Crippen molar-refractivity contribution >= 4 is 23.2 Å². The van der Waals surface area contributed by atoms with E-state index in [1.807, 2.05) is 12.1 Å². The van der Waals surface area contributed by atoms with Gasteiger partial charge in [0.15, 0.2) is 0 Å². The molecular weight excluding hydrogens is 279 g/mol. The Morgan fingerprint density at radius 2 is 2.21 bits per heavy atom. The first-order valence-corrected chi connectivity index (χ1v) is 7.77. The zero-order chi connectivity index (χ0) is 13.8. The van der Waals surface area contributed by atoms with Gasteiger partial charge in [-0.25, -0.2) is 0 Å². The van der Waals surface area contributed by atoms with Gasteiger partial charge in [-0.1, -0.05) is 35.3 Å². The third-order valence-corrected chi connectivity index (χ3v) is 4.94. The molecular formula is C15H22Cl2N2. The van der Waals surface area contributed by atoms with Gasteiger partial charge in [0, 0.05) is 12.6 Å². The van der Waals surface area contributed by atoms with E-state index in [0.717, 1.165) is 37.5 Å². The van der Waals surface area contributed by atoms with Gasteiger partial charge in [-0.15, -0.1) is 0 Å². The maximum atomic E-state index is 6.33. The Morgan fingerprint density at radius 3 is 2.95 bits per heavy atom. The van der Waals surface area contributed by atoms with Crippen LogP contribution in [0.25, 0.3) is 0 Å². The first kappa shape index (κ1) is 15.1. The van der Waals surface area contributed by atoms with Crippen LogP contribution in [0.3, 0.4) is 0 Å². The van der Waals surface area contributed by atoms with Crippen molar-refractivity contribution in [3.63, 3.8) is 0 Å². The van der Waals surface area contributed by atoms with Crippen molar-refractivity contribution in [1.29, 1.82) is 0 Å². The fourth-order valence-corrected chi connectivity index (χ4v) is 3.43. The van der Waals surface area contributed by atoms with Gasteiger partial charge in [0.05, 0.1) is 10.0 Å². The van der Waals surface area contributed by atoms with Crippen LogP contribution >= 0.6 is 23.2 Å². The molecule has 2 atom stereocenters. The minimum Gasteiger partial charge on any atom is -0.330 e. The van der Waals surface area contributed by atoms with E-state index >= 15 is 0 Å². The minimum absolute atomic E-state index is 0.312. The molecule has 19 heavy (non-hydrogen) atoms. The van der Waals surface area contributed by atoms with Crippen LogP contribution in [0.2, 0.25) is 10.0 Å². The monoisotopic (exact) mass is 300 g/mol. The maximum Gasteiger partial charge on any atom is 0.0640 e. The second-order valence-corrected chi connectivity index (χ2v) is 6.18. The Kier molecular flexibility index (Phi) is 5.52. The fraction of sp³-hybridized carbons (Fsp3) is 0.600. The molecule has 2 nitrogen and oxygen atoms in total. The lowest BCUT2D eigenvalue weighted by atomic mass is 9.93. The summed E-state index contributed by atoms with van der Waals surface area (Å²) in [6.07, 6.45) is 3.66. The molecule has 1 aliphatic rings. The van der Waals surface area contributed by atoms with E-state index in [2.05, 4.69) is 17.9 Å². The largest absolute Gasteiger partial charge is 0.330 e. The van der Waals surface area contributed by atoms with Crippen LogP contribution in [-0.2, 0) is 0 Å². The molecule has 2 rings (SSSR count). The minimum atomic E-state index is 0.312. The van der Waals surface area contributed by atoms with Gasteiger partial charge < -0.3 is 5.73 Å². The van der Waals surface area contributed by atoms with Crippen LogP contribution in [0.15, 0.2) is 18.2 Å². The molecule has 106 valence electrons. The van der Waals surface area contributed by atoms with E-state index in [4.69, 9.17) is 28.9 Å². The van der Waals surface area contributed by atoms with Crippen LogP contribution in [0.1, 0.15) is 37.8 Å². The van der Waals surface area contributed by atoms with Gasteiger partial charge in [-0.2, -0.15) is 0 Å². The molecule has 1 aliphatic heterocycles. The molecule has 1 saturated heterocycles. The van der Waals surface area contributed by atoms with Gasteiger partial charge in [0.1, 0.15) is 0 Å². The number of halogens is 2. The average Bonchev–Trinajstić information content (AvgIpc) is 2.42. The van der Waals surface area contributed by atoms with Gasteiger partial charge in [0.25, 0.3) is 0 Å². The summed E-state index contributed by atoms with van der Waals surface area (Å²) in [7, 11) is 0. The fourth-order valence-electron chi connectivity index (χ4n) is 2.96. The highest BCUT2D eigenvalue weighted by atomic mass is 35.5. The predicted molar refractivity (Wildman–Crippen MR) is 82.8 cm³/mol. The lowest BCUT2D eigenvalue weighted by molar-refractivity contribution is 0.128. The van der Waals surface area contributed by atoms with E-state index < -0.39 is 0 Å². The summed E-state index contributed by atoms with van der Waals surface area (Å²) >= 11 is 12.4. The molecule has 1 heterocycles. The summed E-state index contributed by atoms with van der Waals surface area (Å²) in [4.78, 5) is 2.50. The number of hydrogen-bond donors (Lipinski definition) is 1. The molecule has 0 spiro atoms. The number of benzene rings is 1. The molecule has 0 aromatic heterocycles. The zero-order valence-electron chi connectivity index (χ0n) is 11.4. The summed E-state index contributed by atoms with van der Waals surface area (Å²) in [5.74, 6) is 0.721. The van der Waals surface area contributed by atoms with Gasteiger partial charge in [-0.05, 0) is 56.8 Å². The van der Waals surface area contributed by atoms with Gasteiger partial charge in [-0.3, -0.25) is 4.90 Å². The highest BCUT2D eigenvalue weighted by molar-refractivity contribution is 6.42. The van der Waals surface area contributed by atoms with E-state index in [1.165, 1.54) is 12.8 Å². The Bertz CT molecular complexity index is 421. The summed E-state index contributed by atoms with van der Waals surface area (Å²) in [6, 6.07) is 6.20. The van der Waals surface area contributed by atoms with Crippen molar-refractivity contribution < 1.29 is 0 Å². The lowest BCUT2D eigenvalue weighted by Gasteiger charge is -2.37. The van der Waals surface area contributed by atoms with Crippen LogP contribution in [0, 0.1) is 5.92 Å². The molecule has 1 aromatic rings. The van der Waals surface area contributed by atoms with Crippen molar-refractivity contribution in [2.24, 2.45) is 11.7 Å². The normalized spacial score (nSPS) is 22.4. The number of likely N-dealkylation sites (tertiary alicyclic amines) is 1. The van der Waals surface area contributed by atoms with Gasteiger partial charge >= 0.3 is 0 Å². The SMILES string of the molecule is CC(c1cccc(Cl)c1Cl)N1CCCC(CCN)C1. The van der Waals surface area contributed by atoms with Crippen molar-refractivity contribution in [3.05, 3.63) is 33.8 Å². The summed E-state index contributed by atoms with van der Waals surface area (Å²) in [6.45, 7) is 5.24. The Balaban J connectivity index is 2.10. The summed E-state index contributed by atoms with van der Waals surface area (Å²) in [5.41, 5.74) is 6.81. The molecule has 0 amide bonds. The molecule has 0 aliphatic carbocycles. The molecule has 1 fully saturated rings. The molecule has 1 aromatic carbocycles. The van der Waals surface area contributed by atoms with Crippen LogP contribution in [-0.4, -0.2) is 24.5 Å². The Labute approximate surface area is 125 Å². The van der Waals surface area contributed by atoms with E-state index in [0.29, 0.717) is 16.1 Å². The van der Waals surface area contributed by atoms with Crippen molar-refractivity contribution in [3.8, 4) is 0 Å². The standard InChI is InChI=1S/C15H22Cl2N2/c1-11(13-5-2-6-14(16)15(13)17)19-9-3-4-12(10-19)7-8-18/h2,5-6,11-12H,3-4,7-10,18H2,1H3. The number of hydrogen-bond acceptors (Lipinski definition) is 2. The summed E-state index contributed by atoms with van der Waals surface area (Å²) < 4.78 is 0. The van der Waals surface area contributed by atoms with Crippen molar-refractivity contribution in [2.45, 2.75) is 32.2 Å². The van der Waals surface area contributed by atoms with Crippen molar-refractivity contribution in [1.82, 2.24) is 4.90 Å². The van der Waals surface area contributed by atoms with Crippen LogP contribution in [0.5, 0.6) is 0 Å². The molecule has 2 N–H and O–H groups in total. The highest BCUT2D eigenvalue weighted by Crippen LogP contribution is 2.34. The second-order valence-electron chi connectivity index (χ2n) is 5.40. The molecule has 0 saturated carbocycles. The molecule has 0 bridgehead atoms. The van der Waals surface area contributed by atoms with E-state index in [-0.39, 0.29) is 0 Å². The van der Waals surface area contributed by atoms with Crippen LogP contribution < -0.4 is 5.73 Å². The second kappa shape index (κ2) is 6.94. The molecule has 2 unspecified atom stereocenters. The first-order valence-electron chi connectivity index (χ1n) is 7.01. The number of nitrogens with zero attached hydrogens (tertiary/aromatic N) is 1. The van der Waals surface area contributed by atoms with Crippen molar-refractivity contribution in [2.75, 3.05) is 19.6 Å². The Hall–Kier alpha value is -0.280. The van der Waals surface area contributed by atoms with E-state index in [9.17, 15) is 0 Å². The smallest absolute Gasteiger partial charge is 0.0640 e. The quantitative estimate of drug-likeness (QED) is 0.906. The topological polar surface area (TPSA) is 29.3 Å². The molecule has 4 heteroatoms. The van der Waals surface area contributed by atoms with Crippen LogP contribution in [0.4, 0.5) is 0 Å². The third kappa shape index (κ3) is 3.63. The maximum absolute atomic E-state index is 6.33. The van der Waals surface area contributed by atoms with E-state index in [1.54, 1.807) is 0 Å². The lowest BCUT2D eigenvalue weighted by Crippen LogP contribution is -2.38. The number of rotatable bonds is 4.